The first-order valence-electron chi connectivity index (χ1n) is 5.88. The summed E-state index contributed by atoms with van der Waals surface area (Å²) in [6.45, 7) is 16.7. The van der Waals surface area contributed by atoms with Crippen LogP contribution in [0.4, 0.5) is 0 Å². The first-order valence-corrected chi connectivity index (χ1v) is 8.78. The van der Waals surface area contributed by atoms with Crippen molar-refractivity contribution in [3.63, 3.8) is 0 Å². The minimum Gasteiger partial charge on any atom is -0.414 e. The Morgan fingerprint density at radius 2 is 1.87 bits per heavy atom. The average Bonchev–Trinajstić information content (AvgIpc) is 2.62. The molecule has 0 amide bonds. The molecule has 1 fully saturated rings. The van der Waals surface area contributed by atoms with Gasteiger partial charge in [-0.2, -0.15) is 0 Å². The third-order valence-electron chi connectivity index (χ3n) is 3.66. The van der Waals surface area contributed by atoms with Gasteiger partial charge in [0.15, 0.2) is 8.32 Å². The Bertz CT molecular complexity index is 226. The maximum absolute atomic E-state index is 6.28. The van der Waals surface area contributed by atoms with Gasteiger partial charge in [0, 0.05) is 12.5 Å². The summed E-state index contributed by atoms with van der Waals surface area (Å²) in [5, 5.41) is 0.298. The number of ether oxygens (including phenoxy) is 1. The number of hydrogen-bond donors (Lipinski definition) is 0. The summed E-state index contributed by atoms with van der Waals surface area (Å²) < 4.78 is 11.7. The summed E-state index contributed by atoms with van der Waals surface area (Å²) in [7, 11) is -1.60. The summed E-state index contributed by atoms with van der Waals surface area (Å²) >= 11 is 0. The molecule has 1 saturated heterocycles. The molecular formula is C12H26O2Si. The summed E-state index contributed by atoms with van der Waals surface area (Å²) in [4.78, 5) is 0. The van der Waals surface area contributed by atoms with Gasteiger partial charge in [0.25, 0.3) is 0 Å². The monoisotopic (exact) mass is 230 g/mol. The van der Waals surface area contributed by atoms with Crippen molar-refractivity contribution in [2.24, 2.45) is 0 Å². The molecule has 1 rings (SSSR count). The van der Waals surface area contributed by atoms with Gasteiger partial charge >= 0.3 is 0 Å². The summed E-state index contributed by atoms with van der Waals surface area (Å²) in [6, 6.07) is 0. The predicted octanol–water partition coefficient (Wildman–Crippen LogP) is 3.58. The van der Waals surface area contributed by atoms with E-state index in [-0.39, 0.29) is 5.60 Å². The van der Waals surface area contributed by atoms with Crippen molar-refractivity contribution in [1.82, 2.24) is 0 Å². The minimum atomic E-state index is -1.60. The molecule has 2 atom stereocenters. The van der Waals surface area contributed by atoms with Crippen molar-refractivity contribution in [3.8, 4) is 0 Å². The van der Waals surface area contributed by atoms with Crippen LogP contribution in [0.2, 0.25) is 18.1 Å². The topological polar surface area (TPSA) is 21.8 Å². The van der Waals surface area contributed by atoms with Gasteiger partial charge in [0.05, 0.1) is 12.2 Å². The zero-order valence-corrected chi connectivity index (χ0v) is 12.3. The molecule has 0 unspecified atom stereocenters. The van der Waals surface area contributed by atoms with Gasteiger partial charge in [-0.25, -0.2) is 0 Å². The van der Waals surface area contributed by atoms with Crippen molar-refractivity contribution in [3.05, 3.63) is 0 Å². The van der Waals surface area contributed by atoms with Gasteiger partial charge in [-0.3, -0.25) is 0 Å². The molecule has 0 aromatic heterocycles. The van der Waals surface area contributed by atoms with E-state index in [0.717, 1.165) is 13.0 Å². The van der Waals surface area contributed by atoms with Crippen LogP contribution < -0.4 is 0 Å². The maximum Gasteiger partial charge on any atom is 0.192 e. The molecule has 3 heteroatoms. The second-order valence-electron chi connectivity index (χ2n) is 6.63. The highest BCUT2D eigenvalue weighted by Crippen LogP contribution is 2.39. The SMILES string of the molecule is C[C@H](C[C@@]1(C)CO1)O[Si](C)(C)C(C)(C)C. The van der Waals surface area contributed by atoms with Crippen LogP contribution in [-0.4, -0.2) is 26.6 Å². The van der Waals surface area contributed by atoms with Crippen molar-refractivity contribution in [1.29, 1.82) is 0 Å². The van der Waals surface area contributed by atoms with Crippen LogP contribution in [0, 0.1) is 0 Å². The summed E-state index contributed by atoms with van der Waals surface area (Å²) in [5.41, 5.74) is 0.113. The third-order valence-corrected chi connectivity index (χ3v) is 8.26. The molecule has 15 heavy (non-hydrogen) atoms. The Labute approximate surface area is 95.5 Å². The van der Waals surface area contributed by atoms with E-state index in [1.165, 1.54) is 0 Å². The molecule has 2 nitrogen and oxygen atoms in total. The van der Waals surface area contributed by atoms with Crippen LogP contribution in [-0.2, 0) is 9.16 Å². The minimum absolute atomic E-state index is 0.113. The first kappa shape index (κ1) is 13.2. The highest BCUT2D eigenvalue weighted by molar-refractivity contribution is 6.74. The average molecular weight is 230 g/mol. The lowest BCUT2D eigenvalue weighted by molar-refractivity contribution is 0.151. The quantitative estimate of drug-likeness (QED) is 0.544. The van der Waals surface area contributed by atoms with E-state index >= 15 is 0 Å². The smallest absolute Gasteiger partial charge is 0.192 e. The van der Waals surface area contributed by atoms with Crippen molar-refractivity contribution < 1.29 is 9.16 Å². The Morgan fingerprint density at radius 3 is 2.20 bits per heavy atom. The standard InChI is InChI=1S/C12H26O2Si/c1-10(8-12(5)9-13-12)14-15(6,7)11(2,3)4/h10H,8-9H2,1-7H3/t10-,12+/m1/s1. The van der Waals surface area contributed by atoms with E-state index in [2.05, 4.69) is 47.7 Å². The van der Waals surface area contributed by atoms with Crippen LogP contribution >= 0.6 is 0 Å². The molecule has 0 radical (unpaired) electrons. The van der Waals surface area contributed by atoms with Gasteiger partial charge in [-0.1, -0.05) is 20.8 Å². The Balaban J connectivity index is 2.46. The first-order chi connectivity index (χ1) is 6.56. The van der Waals surface area contributed by atoms with Gasteiger partial charge in [0.1, 0.15) is 0 Å². The second kappa shape index (κ2) is 3.86. The summed E-state index contributed by atoms with van der Waals surface area (Å²) in [6.07, 6.45) is 1.35. The van der Waals surface area contributed by atoms with E-state index in [1.54, 1.807) is 0 Å². The van der Waals surface area contributed by atoms with Crippen LogP contribution in [0.25, 0.3) is 0 Å². The predicted molar refractivity (Wildman–Crippen MR) is 66.7 cm³/mol. The third kappa shape index (κ3) is 3.57. The van der Waals surface area contributed by atoms with E-state index in [4.69, 9.17) is 9.16 Å². The Morgan fingerprint density at radius 1 is 1.40 bits per heavy atom. The molecular weight excluding hydrogens is 204 g/mol. The molecule has 0 bridgehead atoms. The zero-order valence-electron chi connectivity index (χ0n) is 11.3. The van der Waals surface area contributed by atoms with E-state index in [9.17, 15) is 0 Å². The molecule has 1 heterocycles. The van der Waals surface area contributed by atoms with Gasteiger partial charge < -0.3 is 9.16 Å². The molecule has 1 aliphatic heterocycles. The number of hydrogen-bond acceptors (Lipinski definition) is 2. The Kier molecular flexibility index (Phi) is 3.40. The van der Waals surface area contributed by atoms with Crippen LogP contribution in [0.5, 0.6) is 0 Å². The largest absolute Gasteiger partial charge is 0.414 e. The van der Waals surface area contributed by atoms with Crippen LogP contribution in [0.15, 0.2) is 0 Å². The second-order valence-corrected chi connectivity index (χ2v) is 11.4. The lowest BCUT2D eigenvalue weighted by Gasteiger charge is -2.38. The van der Waals surface area contributed by atoms with Crippen LogP contribution in [0.1, 0.15) is 41.0 Å². The molecule has 0 aromatic rings. The molecule has 0 N–H and O–H groups in total. The number of epoxide rings is 1. The van der Waals surface area contributed by atoms with E-state index < -0.39 is 8.32 Å². The fourth-order valence-electron chi connectivity index (χ4n) is 1.57. The van der Waals surface area contributed by atoms with E-state index in [0.29, 0.717) is 11.1 Å². The fourth-order valence-corrected chi connectivity index (χ4v) is 3.01. The zero-order chi connectivity index (χ0) is 11.9. The number of rotatable bonds is 4. The van der Waals surface area contributed by atoms with Crippen molar-refractivity contribution in [2.45, 2.75) is 70.9 Å². The van der Waals surface area contributed by atoms with Crippen LogP contribution in [0.3, 0.4) is 0 Å². The lowest BCUT2D eigenvalue weighted by atomic mass is 10.1. The highest BCUT2D eigenvalue weighted by atomic mass is 28.4. The molecule has 0 spiro atoms. The van der Waals surface area contributed by atoms with Crippen molar-refractivity contribution in [2.75, 3.05) is 6.61 Å². The molecule has 0 saturated carbocycles. The van der Waals surface area contributed by atoms with Gasteiger partial charge in [-0.05, 0) is 32.0 Å². The molecule has 1 aliphatic rings. The maximum atomic E-state index is 6.28. The fraction of sp³-hybridized carbons (Fsp3) is 1.00. The van der Waals surface area contributed by atoms with Crippen molar-refractivity contribution >= 4 is 8.32 Å². The highest BCUT2D eigenvalue weighted by Gasteiger charge is 2.43. The normalized spacial score (nSPS) is 29.0. The van der Waals surface area contributed by atoms with E-state index in [1.807, 2.05) is 0 Å². The molecule has 0 aromatic carbocycles. The molecule has 90 valence electrons. The van der Waals surface area contributed by atoms with Gasteiger partial charge in [-0.15, -0.1) is 0 Å². The lowest BCUT2D eigenvalue weighted by Crippen LogP contribution is -2.44. The summed E-state index contributed by atoms with van der Waals surface area (Å²) in [5.74, 6) is 0. The van der Waals surface area contributed by atoms with Gasteiger partial charge in [0.2, 0.25) is 0 Å². The molecule has 0 aliphatic carbocycles. The Hall–Kier alpha value is 0.137.